The van der Waals surface area contributed by atoms with Crippen LogP contribution < -0.4 is 5.32 Å². The summed E-state index contributed by atoms with van der Waals surface area (Å²) >= 11 is 0. The number of carbonyl (C=O) groups excluding carboxylic acids is 2. The number of hydrogen-bond donors (Lipinski definition) is 1. The van der Waals surface area contributed by atoms with Gasteiger partial charge in [-0.1, -0.05) is 64.1 Å². The average molecular weight is 515 g/mol. The van der Waals surface area contributed by atoms with E-state index in [1.54, 1.807) is 41.5 Å². The number of hydrogen-bond acceptors (Lipinski definition) is 9. The van der Waals surface area contributed by atoms with E-state index in [2.05, 4.69) is 5.32 Å². The molecule has 1 heterocycles. The van der Waals surface area contributed by atoms with Gasteiger partial charge in [0.25, 0.3) is 5.69 Å². The van der Waals surface area contributed by atoms with Crippen LogP contribution in [0.4, 0.5) is 5.69 Å². The van der Waals surface area contributed by atoms with Gasteiger partial charge in [-0.25, -0.2) is 9.59 Å². The van der Waals surface area contributed by atoms with E-state index in [-0.39, 0.29) is 23.4 Å². The van der Waals surface area contributed by atoms with Crippen LogP contribution >= 0.6 is 21.6 Å². The van der Waals surface area contributed by atoms with Crippen LogP contribution in [0.1, 0.15) is 30.9 Å². The Morgan fingerprint density at radius 1 is 1.03 bits per heavy atom. The minimum absolute atomic E-state index is 0.138. The first kappa shape index (κ1) is 26.4. The second-order valence-electron chi connectivity index (χ2n) is 7.56. The SMILES string of the molecule is CCOC(=O)C1=C(CSSCc2ccccc2)NC(C)=C(C(=O)OC)C1c1cccc([N+](=O)[O-])c1. The predicted molar refractivity (Wildman–Crippen MR) is 138 cm³/mol. The van der Waals surface area contributed by atoms with Crippen molar-refractivity contribution in [3.8, 4) is 0 Å². The standard InChI is InChI=1S/C25H26N2O6S2/c1-4-33-25(29)23-20(15-35-34-14-17-9-6-5-7-10-17)26-16(2)21(24(28)32-3)22(23)18-11-8-12-19(13-18)27(30)31/h5-13,22,26H,4,14-15H2,1-3H3. The summed E-state index contributed by atoms with van der Waals surface area (Å²) in [4.78, 5) is 36.9. The Bertz CT molecular complexity index is 1160. The fraction of sp³-hybridized carbons (Fsp3) is 0.280. The topological polar surface area (TPSA) is 108 Å². The zero-order chi connectivity index (χ0) is 25.4. The lowest BCUT2D eigenvalue weighted by molar-refractivity contribution is -0.384. The molecule has 0 aromatic heterocycles. The fourth-order valence-corrected chi connectivity index (χ4v) is 5.88. The summed E-state index contributed by atoms with van der Waals surface area (Å²) in [5.74, 6) is -0.877. The van der Waals surface area contributed by atoms with Gasteiger partial charge in [-0.15, -0.1) is 0 Å². The Morgan fingerprint density at radius 3 is 2.40 bits per heavy atom. The zero-order valence-electron chi connectivity index (χ0n) is 19.6. The van der Waals surface area contributed by atoms with Gasteiger partial charge in [-0.3, -0.25) is 10.1 Å². The van der Waals surface area contributed by atoms with Gasteiger partial charge in [0.2, 0.25) is 0 Å². The number of carbonyl (C=O) groups is 2. The third-order valence-electron chi connectivity index (χ3n) is 5.31. The lowest BCUT2D eigenvalue weighted by Gasteiger charge is -2.31. The molecule has 2 aromatic rings. The number of nitro groups is 1. The highest BCUT2D eigenvalue weighted by Crippen LogP contribution is 2.41. The number of nitro benzene ring substituents is 1. The van der Waals surface area contributed by atoms with E-state index in [1.165, 1.54) is 30.9 Å². The molecule has 1 aliphatic heterocycles. The molecular weight excluding hydrogens is 488 g/mol. The molecule has 0 radical (unpaired) electrons. The summed E-state index contributed by atoms with van der Waals surface area (Å²) in [6.45, 7) is 3.56. The maximum Gasteiger partial charge on any atom is 0.336 e. The summed E-state index contributed by atoms with van der Waals surface area (Å²) in [5, 5.41) is 14.6. The van der Waals surface area contributed by atoms with E-state index in [0.717, 1.165) is 5.75 Å². The molecule has 0 saturated heterocycles. The van der Waals surface area contributed by atoms with Crippen LogP contribution in [0.2, 0.25) is 0 Å². The van der Waals surface area contributed by atoms with Crippen molar-refractivity contribution < 1.29 is 24.0 Å². The fourth-order valence-electron chi connectivity index (χ4n) is 3.78. The number of methoxy groups -OCH3 is 1. The Balaban J connectivity index is 2.01. The molecule has 8 nitrogen and oxygen atoms in total. The summed E-state index contributed by atoms with van der Waals surface area (Å²) in [6.07, 6.45) is 0. The van der Waals surface area contributed by atoms with Gasteiger partial charge >= 0.3 is 11.9 Å². The van der Waals surface area contributed by atoms with Gasteiger partial charge in [0.1, 0.15) is 0 Å². The van der Waals surface area contributed by atoms with Crippen LogP contribution in [0.3, 0.4) is 0 Å². The van der Waals surface area contributed by atoms with Crippen molar-refractivity contribution in [1.29, 1.82) is 0 Å². The molecule has 1 unspecified atom stereocenters. The average Bonchev–Trinajstić information content (AvgIpc) is 2.86. The molecular formula is C25H26N2O6S2. The highest BCUT2D eigenvalue weighted by Gasteiger charge is 2.39. The number of nitrogens with one attached hydrogen (secondary N) is 1. The highest BCUT2D eigenvalue weighted by molar-refractivity contribution is 8.76. The molecule has 0 saturated carbocycles. The van der Waals surface area contributed by atoms with Gasteiger partial charge in [-0.05, 0) is 25.0 Å². The summed E-state index contributed by atoms with van der Waals surface area (Å²) in [7, 11) is 4.45. The Kier molecular flexibility index (Phi) is 9.39. The van der Waals surface area contributed by atoms with Crippen LogP contribution in [-0.4, -0.2) is 36.3 Å². The molecule has 184 valence electrons. The van der Waals surface area contributed by atoms with E-state index in [4.69, 9.17) is 9.47 Å². The number of nitrogens with zero attached hydrogens (tertiary/aromatic N) is 1. The first-order chi connectivity index (χ1) is 16.9. The lowest BCUT2D eigenvalue weighted by atomic mass is 9.80. The van der Waals surface area contributed by atoms with E-state index in [1.807, 2.05) is 30.3 Å². The van der Waals surface area contributed by atoms with Gasteiger partial charge in [0.05, 0.1) is 35.7 Å². The Morgan fingerprint density at radius 2 is 1.74 bits per heavy atom. The summed E-state index contributed by atoms with van der Waals surface area (Å²) in [5.41, 5.74) is 3.04. The largest absolute Gasteiger partial charge is 0.466 e. The van der Waals surface area contributed by atoms with Crippen molar-refractivity contribution in [2.75, 3.05) is 19.5 Å². The van der Waals surface area contributed by atoms with Crippen LogP contribution in [0.25, 0.3) is 0 Å². The van der Waals surface area contributed by atoms with E-state index >= 15 is 0 Å². The molecule has 0 amide bonds. The smallest absolute Gasteiger partial charge is 0.336 e. The molecule has 0 fully saturated rings. The highest BCUT2D eigenvalue weighted by atomic mass is 33.1. The molecule has 3 rings (SSSR count). The minimum atomic E-state index is -0.877. The van der Waals surface area contributed by atoms with Gasteiger partial charge in [-0.2, -0.15) is 0 Å². The lowest BCUT2D eigenvalue weighted by Crippen LogP contribution is -2.34. The van der Waals surface area contributed by atoms with Crippen LogP contribution in [0.15, 0.2) is 77.1 Å². The molecule has 1 atom stereocenters. The number of rotatable bonds is 10. The number of ether oxygens (including phenoxy) is 2. The van der Waals surface area contributed by atoms with Crippen LogP contribution in [0, 0.1) is 10.1 Å². The molecule has 1 aliphatic rings. The zero-order valence-corrected chi connectivity index (χ0v) is 21.2. The van der Waals surface area contributed by atoms with E-state index in [0.29, 0.717) is 22.7 Å². The molecule has 35 heavy (non-hydrogen) atoms. The van der Waals surface area contributed by atoms with Crippen molar-refractivity contribution in [3.05, 3.63) is 98.4 Å². The number of allylic oxidation sites excluding steroid dienone is 1. The second-order valence-corrected chi connectivity index (χ2v) is 10.0. The maximum atomic E-state index is 13.2. The second kappa shape index (κ2) is 12.5. The summed E-state index contributed by atoms with van der Waals surface area (Å²) < 4.78 is 10.4. The van der Waals surface area contributed by atoms with Crippen LogP contribution in [0.5, 0.6) is 0 Å². The van der Waals surface area contributed by atoms with Gasteiger partial charge < -0.3 is 14.8 Å². The molecule has 0 aliphatic carbocycles. The van der Waals surface area contributed by atoms with Crippen molar-refractivity contribution in [3.63, 3.8) is 0 Å². The van der Waals surface area contributed by atoms with Crippen LogP contribution in [-0.2, 0) is 24.8 Å². The quantitative estimate of drug-likeness (QED) is 0.152. The van der Waals surface area contributed by atoms with Crippen molar-refractivity contribution in [1.82, 2.24) is 5.32 Å². The normalized spacial score (nSPS) is 15.5. The molecule has 10 heteroatoms. The number of benzene rings is 2. The molecule has 1 N–H and O–H groups in total. The molecule has 0 bridgehead atoms. The number of non-ortho nitro benzene ring substituents is 1. The first-order valence-electron chi connectivity index (χ1n) is 10.9. The number of dihydropyridines is 1. The number of esters is 2. The van der Waals surface area contributed by atoms with Gasteiger partial charge in [0, 0.05) is 35.0 Å². The predicted octanol–water partition coefficient (Wildman–Crippen LogP) is 5.13. The Labute approximate surface area is 211 Å². The van der Waals surface area contributed by atoms with Gasteiger partial charge in [0.15, 0.2) is 0 Å². The molecule has 0 spiro atoms. The van der Waals surface area contributed by atoms with Crippen molar-refractivity contribution >= 4 is 39.2 Å². The first-order valence-corrected chi connectivity index (χ1v) is 13.3. The van der Waals surface area contributed by atoms with Crippen molar-refractivity contribution in [2.24, 2.45) is 0 Å². The monoisotopic (exact) mass is 514 g/mol. The third kappa shape index (κ3) is 6.46. The third-order valence-corrected chi connectivity index (χ3v) is 7.55. The van der Waals surface area contributed by atoms with E-state index in [9.17, 15) is 19.7 Å². The minimum Gasteiger partial charge on any atom is -0.466 e. The molecule has 2 aromatic carbocycles. The summed E-state index contributed by atoms with van der Waals surface area (Å²) in [6, 6.07) is 16.0. The maximum absolute atomic E-state index is 13.2. The Hall–Kier alpha value is -3.24. The van der Waals surface area contributed by atoms with Crippen molar-refractivity contribution in [2.45, 2.75) is 25.5 Å². The van der Waals surface area contributed by atoms with E-state index < -0.39 is 22.8 Å².